The van der Waals surface area contributed by atoms with Crippen molar-refractivity contribution in [2.24, 2.45) is 0 Å². The molecule has 2 aromatic rings. The van der Waals surface area contributed by atoms with Crippen molar-refractivity contribution in [1.29, 1.82) is 0 Å². The maximum atomic E-state index is 13.4. The molecular formula is C12H7F4NS. The highest BCUT2D eigenvalue weighted by atomic mass is 32.1. The van der Waals surface area contributed by atoms with Gasteiger partial charge < -0.3 is 0 Å². The van der Waals surface area contributed by atoms with Gasteiger partial charge in [0.05, 0.1) is 5.56 Å². The van der Waals surface area contributed by atoms with Crippen molar-refractivity contribution in [2.75, 3.05) is 0 Å². The van der Waals surface area contributed by atoms with Crippen LogP contribution in [0.4, 0.5) is 17.6 Å². The van der Waals surface area contributed by atoms with Gasteiger partial charge in [-0.15, -0.1) is 11.3 Å². The number of halogens is 4. The molecule has 0 aliphatic rings. The fourth-order valence-corrected chi connectivity index (χ4v) is 1.85. The van der Waals surface area contributed by atoms with Gasteiger partial charge >= 0.3 is 6.18 Å². The zero-order chi connectivity index (χ0) is 13.2. The fourth-order valence-electron chi connectivity index (χ4n) is 1.32. The number of nitrogens with zero attached hydrogens (tertiary/aromatic N) is 1. The Kier molecular flexibility index (Phi) is 3.47. The highest BCUT2D eigenvalue weighted by molar-refractivity contribution is 7.10. The Bertz CT molecular complexity index is 558. The highest BCUT2D eigenvalue weighted by Gasteiger charge is 2.30. The predicted molar refractivity (Wildman–Crippen MR) is 62.4 cm³/mol. The first-order chi connectivity index (χ1) is 8.47. The maximum Gasteiger partial charge on any atom is 0.416 e. The molecule has 0 unspecified atom stereocenters. The van der Waals surface area contributed by atoms with Gasteiger partial charge in [0.1, 0.15) is 10.8 Å². The summed E-state index contributed by atoms with van der Waals surface area (Å²) >= 11 is 1.36. The molecule has 18 heavy (non-hydrogen) atoms. The van der Waals surface area contributed by atoms with E-state index in [0.717, 1.165) is 12.1 Å². The fraction of sp³-hybridized carbons (Fsp3) is 0.0833. The average Bonchev–Trinajstić information content (AvgIpc) is 2.79. The Labute approximate surface area is 104 Å². The van der Waals surface area contributed by atoms with Crippen molar-refractivity contribution < 1.29 is 17.6 Å². The molecular weight excluding hydrogens is 266 g/mol. The van der Waals surface area contributed by atoms with Crippen LogP contribution < -0.4 is 0 Å². The number of hydrogen-bond acceptors (Lipinski definition) is 2. The molecule has 2 rings (SSSR count). The lowest BCUT2D eigenvalue weighted by Gasteiger charge is -2.07. The maximum absolute atomic E-state index is 13.4. The van der Waals surface area contributed by atoms with Crippen molar-refractivity contribution in [3.63, 3.8) is 0 Å². The van der Waals surface area contributed by atoms with E-state index in [1.165, 1.54) is 17.4 Å². The molecule has 6 heteroatoms. The van der Waals surface area contributed by atoms with Crippen LogP contribution >= 0.6 is 11.3 Å². The summed E-state index contributed by atoms with van der Waals surface area (Å²) in [6.45, 7) is 0. The highest BCUT2D eigenvalue weighted by Crippen LogP contribution is 2.30. The predicted octanol–water partition coefficient (Wildman–Crippen LogP) is 4.47. The average molecular weight is 273 g/mol. The minimum atomic E-state index is -4.53. The normalized spacial score (nSPS) is 12.2. The standard InChI is InChI=1S/C12H7F4NS/c13-10-7-9(12(14,15)16)3-1-8(10)2-4-11-17-5-6-18-11/h1-7H. The number of alkyl halides is 3. The van der Waals surface area contributed by atoms with Crippen molar-refractivity contribution in [3.8, 4) is 0 Å². The summed E-state index contributed by atoms with van der Waals surface area (Å²) in [5.41, 5.74) is -0.899. The molecule has 0 saturated carbocycles. The molecule has 1 heterocycles. The smallest absolute Gasteiger partial charge is 0.245 e. The summed E-state index contributed by atoms with van der Waals surface area (Å²) in [5, 5.41) is 2.41. The molecule has 94 valence electrons. The van der Waals surface area contributed by atoms with E-state index in [0.29, 0.717) is 11.1 Å². The van der Waals surface area contributed by atoms with Crippen molar-refractivity contribution >= 4 is 23.5 Å². The summed E-state index contributed by atoms with van der Waals surface area (Å²) in [6, 6.07) is 2.44. The van der Waals surface area contributed by atoms with E-state index in [4.69, 9.17) is 0 Å². The van der Waals surface area contributed by atoms with Gasteiger partial charge in [-0.3, -0.25) is 0 Å². The molecule has 0 spiro atoms. The lowest BCUT2D eigenvalue weighted by Crippen LogP contribution is -2.05. The first-order valence-corrected chi connectivity index (χ1v) is 5.79. The van der Waals surface area contributed by atoms with Crippen LogP contribution in [-0.2, 0) is 6.18 Å². The lowest BCUT2D eigenvalue weighted by molar-refractivity contribution is -0.137. The lowest BCUT2D eigenvalue weighted by atomic mass is 10.1. The van der Waals surface area contributed by atoms with E-state index in [9.17, 15) is 17.6 Å². The van der Waals surface area contributed by atoms with Crippen LogP contribution in [0.1, 0.15) is 16.1 Å². The first kappa shape index (κ1) is 12.8. The van der Waals surface area contributed by atoms with Crippen LogP contribution in [0.5, 0.6) is 0 Å². The van der Waals surface area contributed by atoms with Gasteiger partial charge in [0.2, 0.25) is 0 Å². The van der Waals surface area contributed by atoms with Crippen LogP contribution in [0.25, 0.3) is 12.2 Å². The minimum Gasteiger partial charge on any atom is -0.245 e. The van der Waals surface area contributed by atoms with E-state index >= 15 is 0 Å². The van der Waals surface area contributed by atoms with Crippen molar-refractivity contribution in [1.82, 2.24) is 4.98 Å². The SMILES string of the molecule is Fc1cc(C(F)(F)F)ccc1C=Cc1nccs1. The van der Waals surface area contributed by atoms with Crippen LogP contribution in [-0.4, -0.2) is 4.98 Å². The zero-order valence-corrected chi connectivity index (χ0v) is 9.73. The van der Waals surface area contributed by atoms with E-state index in [-0.39, 0.29) is 5.56 Å². The summed E-state index contributed by atoms with van der Waals surface area (Å²) < 4.78 is 50.4. The molecule has 0 amide bonds. The Balaban J connectivity index is 2.26. The van der Waals surface area contributed by atoms with Gasteiger partial charge in [0.15, 0.2) is 0 Å². The molecule has 1 aromatic carbocycles. The number of aromatic nitrogens is 1. The zero-order valence-electron chi connectivity index (χ0n) is 8.91. The second-order valence-electron chi connectivity index (χ2n) is 3.44. The van der Waals surface area contributed by atoms with Gasteiger partial charge in [0, 0.05) is 17.1 Å². The molecule has 0 N–H and O–H groups in total. The van der Waals surface area contributed by atoms with Gasteiger partial charge in [-0.2, -0.15) is 13.2 Å². The Hall–Kier alpha value is -1.69. The van der Waals surface area contributed by atoms with E-state index in [2.05, 4.69) is 4.98 Å². The van der Waals surface area contributed by atoms with E-state index < -0.39 is 17.6 Å². The van der Waals surface area contributed by atoms with Crippen molar-refractivity contribution in [3.05, 3.63) is 51.7 Å². The molecule has 0 bridgehead atoms. The van der Waals surface area contributed by atoms with E-state index in [1.807, 2.05) is 0 Å². The molecule has 0 aliphatic carbocycles. The largest absolute Gasteiger partial charge is 0.416 e. The third-order valence-electron chi connectivity index (χ3n) is 2.18. The third kappa shape index (κ3) is 2.95. The van der Waals surface area contributed by atoms with Crippen LogP contribution in [0.2, 0.25) is 0 Å². The number of hydrogen-bond donors (Lipinski definition) is 0. The summed E-state index contributed by atoms with van der Waals surface area (Å²) in [7, 11) is 0. The molecule has 0 fully saturated rings. The summed E-state index contributed by atoms with van der Waals surface area (Å²) in [4.78, 5) is 3.95. The number of thiazole rings is 1. The third-order valence-corrected chi connectivity index (χ3v) is 2.93. The Morgan fingerprint density at radius 2 is 1.94 bits per heavy atom. The second kappa shape index (κ2) is 4.89. The van der Waals surface area contributed by atoms with Crippen LogP contribution in [0, 0.1) is 5.82 Å². The molecule has 0 atom stereocenters. The van der Waals surface area contributed by atoms with Gasteiger partial charge in [-0.25, -0.2) is 9.37 Å². The van der Waals surface area contributed by atoms with Gasteiger partial charge in [-0.05, 0) is 24.3 Å². The van der Waals surface area contributed by atoms with Crippen molar-refractivity contribution in [2.45, 2.75) is 6.18 Å². The number of benzene rings is 1. The van der Waals surface area contributed by atoms with Gasteiger partial charge in [0.25, 0.3) is 0 Å². The quantitative estimate of drug-likeness (QED) is 0.735. The first-order valence-electron chi connectivity index (χ1n) is 4.91. The minimum absolute atomic E-state index is 0.0956. The summed E-state index contributed by atoms with van der Waals surface area (Å²) in [5.74, 6) is -0.905. The molecule has 1 nitrogen and oxygen atoms in total. The van der Waals surface area contributed by atoms with Crippen LogP contribution in [0.3, 0.4) is 0 Å². The molecule has 0 aliphatic heterocycles. The van der Waals surface area contributed by atoms with Crippen LogP contribution in [0.15, 0.2) is 29.8 Å². The number of rotatable bonds is 2. The monoisotopic (exact) mass is 273 g/mol. The molecule has 1 aromatic heterocycles. The summed E-state index contributed by atoms with van der Waals surface area (Å²) in [6.07, 6.45) is 0.0104. The topological polar surface area (TPSA) is 12.9 Å². The molecule has 0 saturated heterocycles. The Morgan fingerprint density at radius 3 is 2.50 bits per heavy atom. The molecule has 0 radical (unpaired) electrons. The van der Waals surface area contributed by atoms with Gasteiger partial charge in [-0.1, -0.05) is 6.07 Å². The Morgan fingerprint density at radius 1 is 1.17 bits per heavy atom. The van der Waals surface area contributed by atoms with E-state index in [1.54, 1.807) is 17.7 Å². The second-order valence-corrected chi connectivity index (χ2v) is 4.36.